The van der Waals surface area contributed by atoms with Gasteiger partial charge in [0, 0.05) is 18.7 Å². The number of nitrogens with zero attached hydrogens (tertiary/aromatic N) is 1. The van der Waals surface area contributed by atoms with Crippen molar-refractivity contribution in [3.05, 3.63) is 39.9 Å². The zero-order chi connectivity index (χ0) is 13.5. The highest BCUT2D eigenvalue weighted by atomic mass is 16.6. The molecular weight excluding hydrogens is 234 g/mol. The molecule has 0 aliphatic carbocycles. The van der Waals surface area contributed by atoms with Gasteiger partial charge in [-0.05, 0) is 18.4 Å². The van der Waals surface area contributed by atoms with Crippen molar-refractivity contribution < 1.29 is 9.72 Å². The molecule has 18 heavy (non-hydrogen) atoms. The van der Waals surface area contributed by atoms with Crippen molar-refractivity contribution in [2.24, 2.45) is 5.73 Å². The quantitative estimate of drug-likeness (QED) is 0.581. The largest absolute Gasteiger partial charge is 0.354 e. The van der Waals surface area contributed by atoms with Crippen LogP contribution in [0.2, 0.25) is 0 Å². The number of hydrogen-bond donors (Lipinski definition) is 2. The Balaban J connectivity index is 2.40. The van der Waals surface area contributed by atoms with E-state index in [4.69, 9.17) is 5.73 Å². The molecule has 6 heteroatoms. The van der Waals surface area contributed by atoms with E-state index in [1.165, 1.54) is 12.1 Å². The van der Waals surface area contributed by atoms with Gasteiger partial charge < -0.3 is 11.1 Å². The lowest BCUT2D eigenvalue weighted by Crippen LogP contribution is -2.40. The van der Waals surface area contributed by atoms with Crippen molar-refractivity contribution >= 4 is 11.6 Å². The van der Waals surface area contributed by atoms with Gasteiger partial charge in [-0.2, -0.15) is 0 Å². The normalized spacial score (nSPS) is 11.9. The summed E-state index contributed by atoms with van der Waals surface area (Å²) in [6.45, 7) is 2.32. The summed E-state index contributed by atoms with van der Waals surface area (Å²) in [5, 5.41) is 13.2. The lowest BCUT2D eigenvalue weighted by molar-refractivity contribution is -0.384. The number of nitrogens with two attached hydrogens (primary N) is 1. The van der Waals surface area contributed by atoms with Gasteiger partial charge in [-0.1, -0.05) is 19.1 Å². The summed E-state index contributed by atoms with van der Waals surface area (Å²) in [6, 6.07) is 5.81. The van der Waals surface area contributed by atoms with Crippen molar-refractivity contribution in [3.8, 4) is 0 Å². The van der Waals surface area contributed by atoms with Gasteiger partial charge in [0.05, 0.1) is 11.0 Å². The third kappa shape index (κ3) is 4.14. The molecule has 0 radical (unpaired) electrons. The minimum absolute atomic E-state index is 0.0655. The maximum atomic E-state index is 11.4. The molecule has 0 saturated heterocycles. The minimum Gasteiger partial charge on any atom is -0.354 e. The van der Waals surface area contributed by atoms with E-state index >= 15 is 0 Å². The molecule has 1 atom stereocenters. The summed E-state index contributed by atoms with van der Waals surface area (Å²) in [5.41, 5.74) is 6.56. The summed E-state index contributed by atoms with van der Waals surface area (Å²) in [7, 11) is 0. The zero-order valence-corrected chi connectivity index (χ0v) is 10.3. The molecule has 0 aromatic heterocycles. The van der Waals surface area contributed by atoms with Crippen molar-refractivity contribution in [2.75, 3.05) is 6.54 Å². The highest BCUT2D eigenvalue weighted by Crippen LogP contribution is 2.11. The molecule has 1 rings (SSSR count). The van der Waals surface area contributed by atoms with Crippen LogP contribution in [-0.4, -0.2) is 23.4 Å². The van der Waals surface area contributed by atoms with E-state index in [9.17, 15) is 14.9 Å². The van der Waals surface area contributed by atoms with Crippen LogP contribution < -0.4 is 11.1 Å². The second-order valence-corrected chi connectivity index (χ2v) is 3.98. The molecule has 0 spiro atoms. The Kier molecular flexibility index (Phi) is 5.26. The molecule has 0 aliphatic heterocycles. The first kappa shape index (κ1) is 14.1. The zero-order valence-electron chi connectivity index (χ0n) is 10.3. The van der Waals surface area contributed by atoms with Crippen LogP contribution in [-0.2, 0) is 11.2 Å². The number of nitro benzene ring substituents is 1. The Bertz CT molecular complexity index is 417. The maximum absolute atomic E-state index is 11.4. The Hall–Kier alpha value is -1.95. The lowest BCUT2D eigenvalue weighted by Gasteiger charge is -2.09. The summed E-state index contributed by atoms with van der Waals surface area (Å²) in [5.74, 6) is -0.167. The molecule has 0 saturated carbocycles. The molecule has 1 aromatic rings. The summed E-state index contributed by atoms with van der Waals surface area (Å²) < 4.78 is 0. The van der Waals surface area contributed by atoms with Gasteiger partial charge in [0.2, 0.25) is 5.91 Å². The summed E-state index contributed by atoms with van der Waals surface area (Å²) in [4.78, 5) is 21.4. The topological polar surface area (TPSA) is 98.3 Å². The average Bonchev–Trinajstić information content (AvgIpc) is 2.38. The van der Waals surface area contributed by atoms with E-state index in [1.54, 1.807) is 12.1 Å². The van der Waals surface area contributed by atoms with E-state index in [1.807, 2.05) is 6.92 Å². The van der Waals surface area contributed by atoms with E-state index in [0.717, 1.165) is 5.56 Å². The van der Waals surface area contributed by atoms with Crippen molar-refractivity contribution in [2.45, 2.75) is 25.8 Å². The lowest BCUT2D eigenvalue weighted by atomic mass is 10.1. The van der Waals surface area contributed by atoms with Crippen LogP contribution in [0, 0.1) is 10.1 Å². The predicted octanol–water partition coefficient (Wildman–Crippen LogP) is 0.991. The summed E-state index contributed by atoms with van der Waals surface area (Å²) >= 11 is 0. The highest BCUT2D eigenvalue weighted by molar-refractivity contribution is 5.81. The van der Waals surface area contributed by atoms with E-state index in [-0.39, 0.29) is 11.6 Å². The predicted molar refractivity (Wildman–Crippen MR) is 68.1 cm³/mol. The van der Waals surface area contributed by atoms with E-state index in [0.29, 0.717) is 19.4 Å². The smallest absolute Gasteiger partial charge is 0.269 e. The third-order valence-electron chi connectivity index (χ3n) is 2.64. The fourth-order valence-electron chi connectivity index (χ4n) is 1.43. The van der Waals surface area contributed by atoms with Crippen LogP contribution in [0.25, 0.3) is 0 Å². The molecule has 6 nitrogen and oxygen atoms in total. The van der Waals surface area contributed by atoms with Crippen LogP contribution in [0.15, 0.2) is 24.3 Å². The van der Waals surface area contributed by atoms with Gasteiger partial charge in [0.25, 0.3) is 5.69 Å². The van der Waals surface area contributed by atoms with Crippen molar-refractivity contribution in [1.29, 1.82) is 0 Å². The second-order valence-electron chi connectivity index (χ2n) is 3.98. The van der Waals surface area contributed by atoms with Gasteiger partial charge in [-0.25, -0.2) is 0 Å². The van der Waals surface area contributed by atoms with E-state index < -0.39 is 11.0 Å². The molecule has 0 heterocycles. The maximum Gasteiger partial charge on any atom is 0.269 e. The Morgan fingerprint density at radius 1 is 1.44 bits per heavy atom. The number of nitrogens with one attached hydrogen (secondary N) is 1. The van der Waals surface area contributed by atoms with Crippen molar-refractivity contribution in [3.63, 3.8) is 0 Å². The van der Waals surface area contributed by atoms with Gasteiger partial charge in [0.1, 0.15) is 0 Å². The van der Waals surface area contributed by atoms with Gasteiger partial charge in [0.15, 0.2) is 0 Å². The molecule has 0 unspecified atom stereocenters. The first-order valence-electron chi connectivity index (χ1n) is 5.81. The number of amides is 1. The van der Waals surface area contributed by atoms with E-state index in [2.05, 4.69) is 5.32 Å². The number of nitro groups is 1. The molecule has 0 bridgehead atoms. The van der Waals surface area contributed by atoms with Crippen LogP contribution in [0.3, 0.4) is 0 Å². The average molecular weight is 251 g/mol. The van der Waals surface area contributed by atoms with Crippen LogP contribution in [0.1, 0.15) is 18.9 Å². The molecule has 1 aromatic carbocycles. The Labute approximate surface area is 105 Å². The van der Waals surface area contributed by atoms with Crippen LogP contribution in [0.5, 0.6) is 0 Å². The fraction of sp³-hybridized carbons (Fsp3) is 0.417. The SMILES string of the molecule is CC[C@H](N)C(=O)NCCc1ccc([N+](=O)[O-])cc1. The number of rotatable bonds is 6. The number of carbonyl (C=O) groups excluding carboxylic acids is 1. The number of non-ortho nitro benzene ring substituents is 1. The van der Waals surface area contributed by atoms with Crippen LogP contribution in [0.4, 0.5) is 5.69 Å². The van der Waals surface area contributed by atoms with Crippen LogP contribution >= 0.6 is 0 Å². The number of carbonyl (C=O) groups is 1. The molecule has 3 N–H and O–H groups in total. The first-order valence-corrected chi connectivity index (χ1v) is 5.81. The fourth-order valence-corrected chi connectivity index (χ4v) is 1.43. The van der Waals surface area contributed by atoms with Gasteiger partial charge >= 0.3 is 0 Å². The minimum atomic E-state index is -0.470. The standard InChI is InChI=1S/C12H17N3O3/c1-2-11(13)12(16)14-8-7-9-3-5-10(6-4-9)15(17)18/h3-6,11H,2,7-8,13H2,1H3,(H,14,16)/t11-/m0/s1. The first-order chi connectivity index (χ1) is 8.54. The second kappa shape index (κ2) is 6.70. The molecule has 0 aliphatic rings. The Morgan fingerprint density at radius 2 is 2.06 bits per heavy atom. The number of benzene rings is 1. The third-order valence-corrected chi connectivity index (χ3v) is 2.64. The van der Waals surface area contributed by atoms with Gasteiger partial charge in [-0.15, -0.1) is 0 Å². The Morgan fingerprint density at radius 3 is 2.56 bits per heavy atom. The number of hydrogen-bond acceptors (Lipinski definition) is 4. The highest BCUT2D eigenvalue weighted by Gasteiger charge is 2.09. The molecule has 98 valence electrons. The van der Waals surface area contributed by atoms with Crippen molar-refractivity contribution in [1.82, 2.24) is 5.32 Å². The van der Waals surface area contributed by atoms with Gasteiger partial charge in [-0.3, -0.25) is 14.9 Å². The molecular formula is C12H17N3O3. The monoisotopic (exact) mass is 251 g/mol. The molecule has 1 amide bonds. The molecule has 0 fully saturated rings. The summed E-state index contributed by atoms with van der Waals surface area (Å²) in [6.07, 6.45) is 1.23.